The third-order valence-electron chi connectivity index (χ3n) is 4.54. The summed E-state index contributed by atoms with van der Waals surface area (Å²) in [6.45, 7) is 0. The number of hydrogen-bond donors (Lipinski definition) is 0. The second-order valence-corrected chi connectivity index (χ2v) is 7.12. The quantitative estimate of drug-likeness (QED) is 0.679. The molecule has 1 aromatic heterocycles. The fraction of sp³-hybridized carbons (Fsp3) is 0.200. The van der Waals surface area contributed by atoms with E-state index < -0.39 is 6.04 Å². The van der Waals surface area contributed by atoms with Gasteiger partial charge in [0.2, 0.25) is 0 Å². The molecule has 126 valence electrons. The van der Waals surface area contributed by atoms with Crippen molar-refractivity contribution < 1.29 is 9.53 Å². The monoisotopic (exact) mass is 351 g/mol. The SMILES string of the molecule is COC(=O)C1CSc2cc(Cc3cccc4ccccc34)cc(=O)n21. The summed E-state index contributed by atoms with van der Waals surface area (Å²) in [7, 11) is 1.35. The van der Waals surface area contributed by atoms with Gasteiger partial charge in [-0.3, -0.25) is 9.36 Å². The van der Waals surface area contributed by atoms with Crippen molar-refractivity contribution in [1.29, 1.82) is 0 Å². The fourth-order valence-corrected chi connectivity index (χ4v) is 4.55. The van der Waals surface area contributed by atoms with E-state index in [0.29, 0.717) is 12.2 Å². The van der Waals surface area contributed by atoms with E-state index in [4.69, 9.17) is 4.74 Å². The lowest BCUT2D eigenvalue weighted by Gasteiger charge is -2.12. The first kappa shape index (κ1) is 16.0. The van der Waals surface area contributed by atoms with Gasteiger partial charge in [-0.1, -0.05) is 42.5 Å². The van der Waals surface area contributed by atoms with Crippen molar-refractivity contribution in [3.05, 3.63) is 76.1 Å². The highest BCUT2D eigenvalue weighted by molar-refractivity contribution is 7.99. The summed E-state index contributed by atoms with van der Waals surface area (Å²) in [5.74, 6) is 0.176. The lowest BCUT2D eigenvalue weighted by atomic mass is 9.99. The first-order valence-electron chi connectivity index (χ1n) is 8.10. The Hall–Kier alpha value is -2.53. The molecule has 0 fully saturated rings. The Balaban J connectivity index is 1.72. The van der Waals surface area contributed by atoms with Gasteiger partial charge in [0.25, 0.3) is 5.56 Å². The summed E-state index contributed by atoms with van der Waals surface area (Å²) >= 11 is 1.52. The summed E-state index contributed by atoms with van der Waals surface area (Å²) in [4.78, 5) is 24.4. The lowest BCUT2D eigenvalue weighted by Crippen LogP contribution is -2.29. The van der Waals surface area contributed by atoms with Crippen molar-refractivity contribution in [3.63, 3.8) is 0 Å². The molecule has 4 nitrogen and oxygen atoms in total. The van der Waals surface area contributed by atoms with Crippen LogP contribution in [0.3, 0.4) is 0 Å². The number of methoxy groups -OCH3 is 1. The fourth-order valence-electron chi connectivity index (χ4n) is 3.34. The zero-order valence-electron chi connectivity index (χ0n) is 13.8. The topological polar surface area (TPSA) is 48.3 Å². The number of hydrogen-bond acceptors (Lipinski definition) is 4. The van der Waals surface area contributed by atoms with Crippen molar-refractivity contribution in [2.75, 3.05) is 12.9 Å². The molecule has 0 bridgehead atoms. The molecule has 5 heteroatoms. The number of fused-ring (bicyclic) bond motifs is 2. The first-order valence-corrected chi connectivity index (χ1v) is 9.08. The van der Waals surface area contributed by atoms with Crippen molar-refractivity contribution in [2.24, 2.45) is 0 Å². The lowest BCUT2D eigenvalue weighted by molar-refractivity contribution is -0.143. The first-order chi connectivity index (χ1) is 12.2. The Kier molecular flexibility index (Phi) is 4.09. The van der Waals surface area contributed by atoms with Gasteiger partial charge in [0, 0.05) is 11.8 Å². The maximum atomic E-state index is 12.6. The largest absolute Gasteiger partial charge is 0.467 e. The zero-order valence-corrected chi connectivity index (χ0v) is 14.6. The molecule has 0 amide bonds. The number of thioether (sulfide) groups is 1. The Labute approximate surface area is 149 Å². The summed E-state index contributed by atoms with van der Waals surface area (Å²) in [5.41, 5.74) is 2.01. The molecule has 1 aliphatic heterocycles. The molecular weight excluding hydrogens is 334 g/mol. The minimum absolute atomic E-state index is 0.145. The van der Waals surface area contributed by atoms with Gasteiger partial charge in [-0.15, -0.1) is 11.8 Å². The number of esters is 1. The van der Waals surface area contributed by atoms with E-state index >= 15 is 0 Å². The number of aromatic nitrogens is 1. The predicted molar refractivity (Wildman–Crippen MR) is 99.2 cm³/mol. The summed E-state index contributed by atoms with van der Waals surface area (Å²) in [6.07, 6.45) is 0.688. The molecule has 3 aromatic rings. The number of nitrogens with zero attached hydrogens (tertiary/aromatic N) is 1. The molecule has 0 saturated heterocycles. The van der Waals surface area contributed by atoms with Crippen LogP contribution in [0, 0.1) is 0 Å². The van der Waals surface area contributed by atoms with E-state index in [1.54, 1.807) is 10.6 Å². The van der Waals surface area contributed by atoms with Crippen molar-refractivity contribution in [2.45, 2.75) is 17.5 Å². The number of ether oxygens (including phenoxy) is 1. The van der Waals surface area contributed by atoms with Crippen LogP contribution < -0.4 is 5.56 Å². The zero-order chi connectivity index (χ0) is 17.4. The number of benzene rings is 2. The third kappa shape index (κ3) is 2.85. The highest BCUT2D eigenvalue weighted by Crippen LogP contribution is 2.33. The second-order valence-electron chi connectivity index (χ2n) is 6.08. The van der Waals surface area contributed by atoms with E-state index in [9.17, 15) is 9.59 Å². The van der Waals surface area contributed by atoms with Gasteiger partial charge in [0.05, 0.1) is 12.1 Å². The van der Waals surface area contributed by atoms with Gasteiger partial charge >= 0.3 is 5.97 Å². The summed E-state index contributed by atoms with van der Waals surface area (Å²) in [6, 6.07) is 17.6. The molecule has 25 heavy (non-hydrogen) atoms. The van der Waals surface area contributed by atoms with Crippen LogP contribution in [0.15, 0.2) is 64.4 Å². The number of pyridine rings is 1. The number of rotatable bonds is 3. The van der Waals surface area contributed by atoms with Crippen LogP contribution in [-0.4, -0.2) is 23.4 Å². The van der Waals surface area contributed by atoms with Crippen LogP contribution in [-0.2, 0) is 16.0 Å². The number of carbonyl (C=O) groups excluding carboxylic acids is 1. The average molecular weight is 351 g/mol. The molecule has 1 aliphatic rings. The van der Waals surface area contributed by atoms with Crippen molar-refractivity contribution in [3.8, 4) is 0 Å². The van der Waals surface area contributed by atoms with Crippen LogP contribution in [0.1, 0.15) is 17.2 Å². The third-order valence-corrected chi connectivity index (χ3v) is 5.63. The Morgan fingerprint density at radius 2 is 2.00 bits per heavy atom. The normalized spacial score (nSPS) is 16.0. The number of carbonyl (C=O) groups is 1. The summed E-state index contributed by atoms with van der Waals surface area (Å²) in [5, 5.41) is 3.22. The molecule has 0 radical (unpaired) electrons. The van der Waals surface area contributed by atoms with E-state index in [1.807, 2.05) is 24.3 Å². The summed E-state index contributed by atoms with van der Waals surface area (Å²) < 4.78 is 6.35. The smallest absolute Gasteiger partial charge is 0.329 e. The minimum atomic E-state index is -0.524. The maximum Gasteiger partial charge on any atom is 0.329 e. The molecule has 0 spiro atoms. The van der Waals surface area contributed by atoms with Crippen molar-refractivity contribution in [1.82, 2.24) is 4.57 Å². The van der Waals surface area contributed by atoms with E-state index in [0.717, 1.165) is 10.6 Å². The Morgan fingerprint density at radius 1 is 1.20 bits per heavy atom. The van der Waals surface area contributed by atoms with E-state index in [-0.39, 0.29) is 11.5 Å². The molecule has 1 atom stereocenters. The van der Waals surface area contributed by atoms with Crippen LogP contribution >= 0.6 is 11.8 Å². The Bertz CT molecular complexity index is 1020. The molecule has 0 aliphatic carbocycles. The van der Waals surface area contributed by atoms with Gasteiger partial charge < -0.3 is 4.74 Å². The van der Waals surface area contributed by atoms with E-state index in [2.05, 4.69) is 24.3 Å². The molecule has 2 aromatic carbocycles. The average Bonchev–Trinajstić information content (AvgIpc) is 3.06. The van der Waals surface area contributed by atoms with Crippen LogP contribution in [0.5, 0.6) is 0 Å². The van der Waals surface area contributed by atoms with Gasteiger partial charge in [0.15, 0.2) is 0 Å². The highest BCUT2D eigenvalue weighted by Gasteiger charge is 2.30. The van der Waals surface area contributed by atoms with Crippen LogP contribution in [0.25, 0.3) is 10.8 Å². The molecule has 2 heterocycles. The van der Waals surface area contributed by atoms with Gasteiger partial charge in [0.1, 0.15) is 6.04 Å². The van der Waals surface area contributed by atoms with Gasteiger partial charge in [-0.05, 0) is 34.4 Å². The molecular formula is C20H17NO3S. The highest BCUT2D eigenvalue weighted by atomic mass is 32.2. The molecule has 0 saturated carbocycles. The van der Waals surface area contributed by atoms with E-state index in [1.165, 1.54) is 35.2 Å². The van der Waals surface area contributed by atoms with Gasteiger partial charge in [-0.25, -0.2) is 4.79 Å². The Morgan fingerprint density at radius 3 is 2.84 bits per heavy atom. The second kappa shape index (κ2) is 6.41. The molecule has 4 rings (SSSR count). The van der Waals surface area contributed by atoms with Crippen LogP contribution in [0.4, 0.5) is 0 Å². The van der Waals surface area contributed by atoms with Gasteiger partial charge in [-0.2, -0.15) is 0 Å². The standard InChI is InChI=1S/C20H17NO3S/c1-24-20(23)17-12-25-19-11-13(10-18(22)21(17)19)9-15-7-4-6-14-5-2-3-8-16(14)15/h2-8,10-11,17H,9,12H2,1H3. The maximum absolute atomic E-state index is 12.6. The predicted octanol–water partition coefficient (Wildman–Crippen LogP) is 3.41. The van der Waals surface area contributed by atoms with Crippen LogP contribution in [0.2, 0.25) is 0 Å². The molecule has 0 N–H and O–H groups in total. The molecule has 1 unspecified atom stereocenters. The van der Waals surface area contributed by atoms with Crippen molar-refractivity contribution >= 4 is 28.5 Å². The minimum Gasteiger partial charge on any atom is -0.467 e.